The number of carbonyl (C=O) groups is 1. The molecule has 1 aromatic heterocycles. The van der Waals surface area contributed by atoms with E-state index in [1.54, 1.807) is 48.5 Å². The first-order valence-electron chi connectivity index (χ1n) is 10.1. The molecule has 0 bridgehead atoms. The standard InChI is InChI=1S/C23H23ClFN5O3/c1-2-32-10-11-33-18-7-8-20(26)15(12-18)6-9-21(31)28-16-4-3-5-17(13-16)29-22-19(25)14-27-23(24)30-22/h3-9,12-14H,2,10-11,26H2,1H3,(H,28,31)(H,27,29,30)/b9-6+. The van der Waals surface area contributed by atoms with Crippen molar-refractivity contribution >= 4 is 46.5 Å². The number of hydrogen-bond donors (Lipinski definition) is 3. The second-order valence-corrected chi connectivity index (χ2v) is 7.04. The van der Waals surface area contributed by atoms with Crippen LogP contribution in [-0.4, -0.2) is 35.7 Å². The fourth-order valence-corrected chi connectivity index (χ4v) is 2.88. The molecule has 1 heterocycles. The molecule has 0 aliphatic rings. The summed E-state index contributed by atoms with van der Waals surface area (Å²) in [7, 11) is 0. The molecule has 0 saturated heterocycles. The molecule has 2 aromatic carbocycles. The maximum atomic E-state index is 13.8. The van der Waals surface area contributed by atoms with Gasteiger partial charge in [-0.15, -0.1) is 0 Å². The Labute approximate surface area is 195 Å². The largest absolute Gasteiger partial charge is 0.491 e. The minimum absolute atomic E-state index is 0.0720. The van der Waals surface area contributed by atoms with Crippen LogP contribution in [0.5, 0.6) is 5.75 Å². The SMILES string of the molecule is CCOCCOc1ccc(N)c(/C=C/C(=O)Nc2cccc(Nc3nc(Cl)ncc3F)c2)c1. The summed E-state index contributed by atoms with van der Waals surface area (Å²) in [5.74, 6) is -0.471. The summed E-state index contributed by atoms with van der Waals surface area (Å²) in [6.07, 6.45) is 3.93. The molecule has 10 heteroatoms. The Morgan fingerprint density at radius 2 is 2.03 bits per heavy atom. The third-order valence-electron chi connectivity index (χ3n) is 4.28. The zero-order valence-corrected chi connectivity index (χ0v) is 18.6. The quantitative estimate of drug-likeness (QED) is 0.170. The van der Waals surface area contributed by atoms with Gasteiger partial charge in [-0.05, 0) is 61.0 Å². The van der Waals surface area contributed by atoms with Crippen molar-refractivity contribution in [2.75, 3.05) is 36.2 Å². The van der Waals surface area contributed by atoms with Crippen LogP contribution >= 0.6 is 11.6 Å². The number of ether oxygens (including phenoxy) is 2. The number of halogens is 2. The van der Waals surface area contributed by atoms with Crippen molar-refractivity contribution < 1.29 is 18.7 Å². The third kappa shape index (κ3) is 7.44. The van der Waals surface area contributed by atoms with Crippen LogP contribution in [0.3, 0.4) is 0 Å². The van der Waals surface area contributed by atoms with Gasteiger partial charge in [0.25, 0.3) is 0 Å². The third-order valence-corrected chi connectivity index (χ3v) is 4.46. The summed E-state index contributed by atoms with van der Waals surface area (Å²) in [5.41, 5.74) is 8.15. The van der Waals surface area contributed by atoms with Gasteiger partial charge in [0.05, 0.1) is 12.8 Å². The molecule has 0 atom stereocenters. The summed E-state index contributed by atoms with van der Waals surface area (Å²) in [6.45, 7) is 3.44. The molecule has 0 saturated carbocycles. The van der Waals surface area contributed by atoms with E-state index < -0.39 is 5.82 Å². The van der Waals surface area contributed by atoms with Crippen molar-refractivity contribution in [3.8, 4) is 5.75 Å². The number of hydrogen-bond acceptors (Lipinski definition) is 7. The second-order valence-electron chi connectivity index (χ2n) is 6.70. The molecule has 1 amide bonds. The zero-order chi connectivity index (χ0) is 23.6. The molecule has 0 spiro atoms. The Morgan fingerprint density at radius 1 is 1.21 bits per heavy atom. The van der Waals surface area contributed by atoms with E-state index in [1.165, 1.54) is 6.08 Å². The van der Waals surface area contributed by atoms with Gasteiger partial charge in [0, 0.05) is 35.3 Å². The second kappa shape index (κ2) is 11.8. The number of amides is 1. The number of nitrogens with one attached hydrogen (secondary N) is 2. The lowest BCUT2D eigenvalue weighted by Gasteiger charge is -2.09. The lowest BCUT2D eigenvalue weighted by molar-refractivity contribution is -0.111. The minimum atomic E-state index is -0.654. The number of nitrogen functional groups attached to an aromatic ring is 1. The topological polar surface area (TPSA) is 111 Å². The van der Waals surface area contributed by atoms with Crippen molar-refractivity contribution in [2.24, 2.45) is 0 Å². The summed E-state index contributed by atoms with van der Waals surface area (Å²) in [5, 5.41) is 5.46. The molecule has 3 aromatic rings. The van der Waals surface area contributed by atoms with Gasteiger partial charge in [-0.2, -0.15) is 4.98 Å². The predicted octanol–water partition coefficient (Wildman–Crippen LogP) is 4.66. The van der Waals surface area contributed by atoms with Crippen LogP contribution in [0.25, 0.3) is 6.08 Å². The Balaban J connectivity index is 1.62. The lowest BCUT2D eigenvalue weighted by Crippen LogP contribution is -2.08. The van der Waals surface area contributed by atoms with Crippen molar-refractivity contribution in [3.63, 3.8) is 0 Å². The van der Waals surface area contributed by atoms with Crippen molar-refractivity contribution in [3.05, 3.63) is 71.4 Å². The van der Waals surface area contributed by atoms with E-state index in [-0.39, 0.29) is 17.0 Å². The van der Waals surface area contributed by atoms with E-state index in [0.29, 0.717) is 48.2 Å². The number of nitrogens with zero attached hydrogens (tertiary/aromatic N) is 2. The van der Waals surface area contributed by atoms with Gasteiger partial charge in [0.1, 0.15) is 12.4 Å². The number of carbonyl (C=O) groups excluding carboxylic acids is 1. The van der Waals surface area contributed by atoms with Crippen LogP contribution in [-0.2, 0) is 9.53 Å². The van der Waals surface area contributed by atoms with Crippen LogP contribution in [0.15, 0.2) is 54.7 Å². The molecule has 0 fully saturated rings. The highest BCUT2D eigenvalue weighted by molar-refractivity contribution is 6.28. The first-order valence-corrected chi connectivity index (χ1v) is 10.5. The monoisotopic (exact) mass is 471 g/mol. The normalized spacial score (nSPS) is 10.9. The number of anilines is 4. The van der Waals surface area contributed by atoms with Crippen LogP contribution in [0.1, 0.15) is 12.5 Å². The summed E-state index contributed by atoms with van der Waals surface area (Å²) >= 11 is 5.71. The van der Waals surface area contributed by atoms with Crippen LogP contribution in [0.4, 0.5) is 27.3 Å². The number of benzene rings is 2. The van der Waals surface area contributed by atoms with E-state index >= 15 is 0 Å². The van der Waals surface area contributed by atoms with Crippen molar-refractivity contribution in [1.82, 2.24) is 9.97 Å². The smallest absolute Gasteiger partial charge is 0.248 e. The average molecular weight is 472 g/mol. The van der Waals surface area contributed by atoms with E-state index in [4.69, 9.17) is 26.8 Å². The van der Waals surface area contributed by atoms with Crippen LogP contribution in [0, 0.1) is 5.82 Å². The molecule has 0 aliphatic carbocycles. The van der Waals surface area contributed by atoms with E-state index in [9.17, 15) is 9.18 Å². The van der Waals surface area contributed by atoms with E-state index in [2.05, 4.69) is 20.6 Å². The number of aromatic nitrogens is 2. The van der Waals surface area contributed by atoms with E-state index in [1.807, 2.05) is 6.92 Å². The minimum Gasteiger partial charge on any atom is -0.491 e. The first-order chi connectivity index (χ1) is 15.9. The van der Waals surface area contributed by atoms with Gasteiger partial charge in [0.15, 0.2) is 11.6 Å². The highest BCUT2D eigenvalue weighted by atomic mass is 35.5. The molecule has 172 valence electrons. The molecule has 0 radical (unpaired) electrons. The van der Waals surface area contributed by atoms with Gasteiger partial charge in [-0.3, -0.25) is 4.79 Å². The number of rotatable bonds is 10. The van der Waals surface area contributed by atoms with Gasteiger partial charge in [0.2, 0.25) is 11.2 Å². The van der Waals surface area contributed by atoms with Crippen LogP contribution in [0.2, 0.25) is 5.28 Å². The highest BCUT2D eigenvalue weighted by Gasteiger charge is 2.07. The maximum absolute atomic E-state index is 13.8. The predicted molar refractivity (Wildman–Crippen MR) is 127 cm³/mol. The summed E-state index contributed by atoms with van der Waals surface area (Å²) in [4.78, 5) is 19.8. The molecular formula is C23H23ClFN5O3. The fraction of sp³-hybridized carbons (Fsp3) is 0.174. The zero-order valence-electron chi connectivity index (χ0n) is 17.8. The Kier molecular flexibility index (Phi) is 8.56. The van der Waals surface area contributed by atoms with Gasteiger partial charge in [-0.1, -0.05) is 6.07 Å². The van der Waals surface area contributed by atoms with Crippen molar-refractivity contribution in [1.29, 1.82) is 0 Å². The Bertz CT molecular complexity index is 1140. The lowest BCUT2D eigenvalue weighted by atomic mass is 10.1. The van der Waals surface area contributed by atoms with Crippen molar-refractivity contribution in [2.45, 2.75) is 6.92 Å². The summed E-state index contributed by atoms with van der Waals surface area (Å²) in [6, 6.07) is 11.9. The molecular weight excluding hydrogens is 449 g/mol. The molecule has 8 nitrogen and oxygen atoms in total. The molecule has 3 rings (SSSR count). The molecule has 0 unspecified atom stereocenters. The highest BCUT2D eigenvalue weighted by Crippen LogP contribution is 2.23. The molecule has 33 heavy (non-hydrogen) atoms. The summed E-state index contributed by atoms with van der Waals surface area (Å²) < 4.78 is 24.7. The van der Waals surface area contributed by atoms with Gasteiger partial charge in [-0.25, -0.2) is 9.37 Å². The molecule has 0 aliphatic heterocycles. The average Bonchev–Trinajstić information content (AvgIpc) is 2.79. The van der Waals surface area contributed by atoms with Gasteiger partial charge < -0.3 is 25.8 Å². The Morgan fingerprint density at radius 3 is 2.85 bits per heavy atom. The van der Waals surface area contributed by atoms with Gasteiger partial charge >= 0.3 is 0 Å². The maximum Gasteiger partial charge on any atom is 0.248 e. The Hall–Kier alpha value is -3.69. The first kappa shape index (κ1) is 24.0. The molecule has 4 N–H and O–H groups in total. The van der Waals surface area contributed by atoms with E-state index in [0.717, 1.165) is 6.20 Å². The fourth-order valence-electron chi connectivity index (χ4n) is 2.74. The number of nitrogens with two attached hydrogens (primary N) is 1. The van der Waals surface area contributed by atoms with Crippen LogP contribution < -0.4 is 21.1 Å².